The number of hydrogen-bond donors (Lipinski definition) is 0. The minimum Gasteiger partial charge on any atom is -0.549 e. The summed E-state index contributed by atoms with van der Waals surface area (Å²) in [6, 6.07) is 16.1. The number of rotatable bonds is 6. The maximum Gasteiger partial charge on any atom is 2.00 e. The quantitative estimate of drug-likeness (QED) is 0.222. The molecule has 0 saturated heterocycles. The molecule has 4 heterocycles. The van der Waals surface area contributed by atoms with Crippen LogP contribution in [0.4, 0.5) is 0 Å². The van der Waals surface area contributed by atoms with E-state index >= 15 is 0 Å². The first-order chi connectivity index (χ1) is 20.0. The zero-order valence-corrected chi connectivity index (χ0v) is 27.6. The molecule has 0 aliphatic carbocycles. The molecule has 43 heavy (non-hydrogen) atoms. The van der Waals surface area contributed by atoms with Crippen LogP contribution in [0.2, 0.25) is 20.1 Å². The molecular formula is C30H20CaCl4N2O6. The van der Waals surface area contributed by atoms with E-state index in [9.17, 15) is 29.4 Å². The number of carboxylic acids is 2. The summed E-state index contributed by atoms with van der Waals surface area (Å²) in [6.07, 6.45) is 0.825. The van der Waals surface area contributed by atoms with Gasteiger partial charge in [-0.3, -0.25) is 9.59 Å². The average molecular weight is 686 g/mol. The van der Waals surface area contributed by atoms with E-state index in [4.69, 9.17) is 46.4 Å². The van der Waals surface area contributed by atoms with Gasteiger partial charge in [-0.15, -0.1) is 0 Å². The average Bonchev–Trinajstić information content (AvgIpc) is 3.69. The van der Waals surface area contributed by atoms with E-state index in [2.05, 4.69) is 0 Å². The number of nitrogens with zero attached hydrogens (tertiary/aromatic N) is 2. The number of carboxylic acid groups (broad SMARTS) is 2. The van der Waals surface area contributed by atoms with Crippen LogP contribution >= 0.6 is 46.4 Å². The third kappa shape index (κ3) is 6.71. The first-order valence-electron chi connectivity index (χ1n) is 12.8. The van der Waals surface area contributed by atoms with Crippen molar-refractivity contribution in [2.24, 2.45) is 0 Å². The van der Waals surface area contributed by atoms with Crippen molar-refractivity contribution in [2.45, 2.75) is 37.8 Å². The summed E-state index contributed by atoms with van der Waals surface area (Å²) in [5, 5.41) is 23.8. The molecule has 0 amide bonds. The summed E-state index contributed by atoms with van der Waals surface area (Å²) >= 11 is 23.9. The molecule has 13 heteroatoms. The Labute approximate surface area is 296 Å². The van der Waals surface area contributed by atoms with Gasteiger partial charge in [-0.05, 0) is 73.5 Å². The van der Waals surface area contributed by atoms with E-state index in [1.54, 1.807) is 57.7 Å². The molecule has 0 spiro atoms. The van der Waals surface area contributed by atoms with Gasteiger partial charge in [0, 0.05) is 57.5 Å². The molecule has 2 aliphatic rings. The number of hydrogen-bond acceptors (Lipinski definition) is 6. The fourth-order valence-corrected chi connectivity index (χ4v) is 6.21. The van der Waals surface area contributed by atoms with Crippen LogP contribution in [0.25, 0.3) is 0 Å². The van der Waals surface area contributed by atoms with Gasteiger partial charge in [0.25, 0.3) is 0 Å². The number of benzene rings is 2. The molecule has 4 aromatic rings. The molecular weight excluding hydrogens is 666 g/mol. The van der Waals surface area contributed by atoms with Crippen LogP contribution in [0.15, 0.2) is 60.7 Å². The first-order valence-corrected chi connectivity index (χ1v) is 14.3. The Morgan fingerprint density at radius 2 is 0.930 bits per heavy atom. The molecule has 2 aromatic heterocycles. The molecule has 0 radical (unpaired) electrons. The van der Waals surface area contributed by atoms with Crippen LogP contribution in [0.5, 0.6) is 0 Å². The second-order valence-corrected chi connectivity index (χ2v) is 11.5. The Kier molecular flexibility index (Phi) is 10.8. The molecule has 0 fully saturated rings. The predicted molar refractivity (Wildman–Crippen MR) is 159 cm³/mol. The van der Waals surface area contributed by atoms with Gasteiger partial charge in [0.15, 0.2) is 0 Å². The van der Waals surface area contributed by atoms with Gasteiger partial charge < -0.3 is 28.9 Å². The van der Waals surface area contributed by atoms with Crippen LogP contribution < -0.4 is 10.2 Å². The van der Waals surface area contributed by atoms with E-state index in [0.717, 1.165) is 0 Å². The number of fused-ring (bicyclic) bond motifs is 2. The molecule has 0 saturated carbocycles. The monoisotopic (exact) mass is 684 g/mol. The molecule has 2 atom stereocenters. The van der Waals surface area contributed by atoms with Gasteiger partial charge in [-0.25, -0.2) is 0 Å². The molecule has 216 valence electrons. The molecule has 0 N–H and O–H groups in total. The number of aliphatic carboxylic acids is 2. The number of halogens is 4. The minimum absolute atomic E-state index is 0. The zero-order chi connectivity index (χ0) is 30.3. The Hall–Kier alpha value is -2.30. The standard InChI is InChI=1S/2C15H11Cl2NO3.Ca/c2*16-9-3-1-8(2-4-9)14(19)13-11(17)7-12-10(15(20)21)5-6-18(12)13;/h2*1-4,7,10H,5-6H2,(H,20,21);/q;;+2/p-2. The van der Waals surface area contributed by atoms with Crippen molar-refractivity contribution >= 4 is 108 Å². The number of aromatic nitrogens is 2. The normalized spacial score (nSPS) is 16.4. The van der Waals surface area contributed by atoms with Gasteiger partial charge in [0.1, 0.15) is 11.4 Å². The van der Waals surface area contributed by atoms with Crippen LogP contribution in [-0.2, 0) is 22.7 Å². The van der Waals surface area contributed by atoms with Crippen LogP contribution in [-0.4, -0.2) is 70.4 Å². The predicted octanol–water partition coefficient (Wildman–Crippen LogP) is 4.15. The van der Waals surface area contributed by atoms with Crippen molar-refractivity contribution < 1.29 is 29.4 Å². The molecule has 2 aliphatic heterocycles. The third-order valence-corrected chi connectivity index (χ3v) is 8.45. The molecule has 8 nitrogen and oxygen atoms in total. The van der Waals surface area contributed by atoms with E-state index in [0.29, 0.717) is 69.9 Å². The Balaban J connectivity index is 0.000000192. The maximum atomic E-state index is 12.6. The topological polar surface area (TPSA) is 124 Å². The first kappa shape index (κ1) is 33.6. The summed E-state index contributed by atoms with van der Waals surface area (Å²) in [4.78, 5) is 47.3. The Morgan fingerprint density at radius 3 is 1.23 bits per heavy atom. The van der Waals surface area contributed by atoms with Gasteiger partial charge in [0.2, 0.25) is 11.6 Å². The smallest absolute Gasteiger partial charge is 0.549 e. The van der Waals surface area contributed by atoms with Gasteiger partial charge in [0.05, 0.1) is 22.0 Å². The minimum atomic E-state index is -1.14. The summed E-state index contributed by atoms with van der Waals surface area (Å²) in [5.41, 5.74) is 2.60. The Bertz CT molecular complexity index is 1600. The second-order valence-electron chi connectivity index (χ2n) is 9.83. The van der Waals surface area contributed by atoms with Crippen molar-refractivity contribution in [2.75, 3.05) is 0 Å². The maximum absolute atomic E-state index is 12.6. The zero-order valence-electron chi connectivity index (χ0n) is 22.3. The number of carbonyl (C=O) groups excluding carboxylic acids is 4. The summed E-state index contributed by atoms with van der Waals surface area (Å²) < 4.78 is 3.33. The van der Waals surface area contributed by atoms with E-state index in [-0.39, 0.29) is 59.3 Å². The van der Waals surface area contributed by atoms with Crippen molar-refractivity contribution in [1.82, 2.24) is 9.13 Å². The number of ketones is 2. The third-order valence-electron chi connectivity index (χ3n) is 7.37. The van der Waals surface area contributed by atoms with Gasteiger partial charge >= 0.3 is 37.7 Å². The molecule has 2 aromatic carbocycles. The molecule has 2 unspecified atom stereocenters. The fourth-order valence-electron chi connectivity index (χ4n) is 5.35. The van der Waals surface area contributed by atoms with Crippen molar-refractivity contribution in [1.29, 1.82) is 0 Å². The van der Waals surface area contributed by atoms with E-state index < -0.39 is 23.8 Å². The van der Waals surface area contributed by atoms with Gasteiger partial charge in [-0.2, -0.15) is 0 Å². The SMILES string of the molecule is O=C(c1ccc(Cl)cc1)c1c(Cl)cc2n1CCC2C(=O)[O-].O=C(c1ccc(Cl)cc1)c1c(Cl)cc2n1CCC2C(=O)[O-].[Ca+2]. The van der Waals surface area contributed by atoms with Crippen molar-refractivity contribution in [3.63, 3.8) is 0 Å². The summed E-state index contributed by atoms with van der Waals surface area (Å²) in [7, 11) is 0. The second kappa shape index (κ2) is 13.8. The Morgan fingerprint density at radius 1 is 0.605 bits per heavy atom. The summed E-state index contributed by atoms with van der Waals surface area (Å²) in [5.74, 6) is -4.21. The van der Waals surface area contributed by atoms with Crippen molar-refractivity contribution in [3.8, 4) is 0 Å². The molecule has 0 bridgehead atoms. The van der Waals surface area contributed by atoms with Crippen LogP contribution in [0.1, 0.15) is 68.2 Å². The molecule has 6 rings (SSSR count). The van der Waals surface area contributed by atoms with E-state index in [1.807, 2.05) is 0 Å². The van der Waals surface area contributed by atoms with Gasteiger partial charge in [-0.1, -0.05) is 46.4 Å². The number of carbonyl (C=O) groups is 4. The van der Waals surface area contributed by atoms with Crippen molar-refractivity contribution in [3.05, 3.63) is 115 Å². The van der Waals surface area contributed by atoms with Crippen LogP contribution in [0, 0.1) is 0 Å². The largest absolute Gasteiger partial charge is 2.00 e. The van der Waals surface area contributed by atoms with E-state index in [1.165, 1.54) is 12.1 Å². The van der Waals surface area contributed by atoms with Crippen LogP contribution in [0.3, 0.4) is 0 Å². The summed E-state index contributed by atoms with van der Waals surface area (Å²) in [6.45, 7) is 0.880. The fraction of sp³-hybridized carbons (Fsp3) is 0.200.